The van der Waals surface area contributed by atoms with Crippen molar-refractivity contribution in [1.82, 2.24) is 10.3 Å². The van der Waals surface area contributed by atoms with E-state index in [-0.39, 0.29) is 13.2 Å². The zero-order valence-electron chi connectivity index (χ0n) is 19.3. The van der Waals surface area contributed by atoms with Crippen LogP contribution in [0.25, 0.3) is 20.3 Å². The fourth-order valence-corrected chi connectivity index (χ4v) is 5.36. The molecule has 0 spiro atoms. The van der Waals surface area contributed by atoms with Gasteiger partial charge in [-0.05, 0) is 33.8 Å². The molecule has 3 aromatic rings. The number of rotatable bonds is 6. The number of nitrogens with one attached hydrogen (secondary N) is 1. The van der Waals surface area contributed by atoms with Gasteiger partial charge in [0, 0.05) is 27.5 Å². The van der Waals surface area contributed by atoms with E-state index >= 15 is 0 Å². The van der Waals surface area contributed by atoms with Gasteiger partial charge in [-0.3, -0.25) is 0 Å². The molecule has 2 aromatic heterocycles. The Morgan fingerprint density at radius 1 is 1.03 bits per heavy atom. The third kappa shape index (κ3) is 3.95. The van der Waals surface area contributed by atoms with E-state index in [0.29, 0.717) is 34.0 Å². The summed E-state index contributed by atoms with van der Waals surface area (Å²) in [6.07, 6.45) is 0. The van der Waals surface area contributed by atoms with Gasteiger partial charge in [-0.15, -0.1) is 11.3 Å². The van der Waals surface area contributed by atoms with Gasteiger partial charge in [0.1, 0.15) is 5.75 Å². The Morgan fingerprint density at radius 3 is 2.21 bits per heavy atom. The molecule has 0 amide bonds. The van der Waals surface area contributed by atoms with E-state index in [1.54, 1.807) is 52.2 Å². The molecule has 0 radical (unpaired) electrons. The van der Waals surface area contributed by atoms with Crippen molar-refractivity contribution in [3.8, 4) is 5.75 Å². The lowest BCUT2D eigenvalue weighted by Crippen LogP contribution is -2.33. The number of esters is 2. The highest BCUT2D eigenvalue weighted by Crippen LogP contribution is 2.44. The average Bonchev–Trinajstić information content (AvgIpc) is 3.16. The number of pyridine rings is 1. The van der Waals surface area contributed by atoms with E-state index in [1.165, 1.54) is 0 Å². The van der Waals surface area contributed by atoms with E-state index in [9.17, 15) is 9.59 Å². The van der Waals surface area contributed by atoms with E-state index in [4.69, 9.17) is 19.2 Å². The second kappa shape index (κ2) is 9.23. The largest absolute Gasteiger partial charge is 0.495 e. The second-order valence-electron chi connectivity index (χ2n) is 7.60. The van der Waals surface area contributed by atoms with Gasteiger partial charge in [-0.25, -0.2) is 14.6 Å². The Hall–Kier alpha value is -3.39. The van der Waals surface area contributed by atoms with Gasteiger partial charge < -0.3 is 19.5 Å². The van der Waals surface area contributed by atoms with Gasteiger partial charge in [0.2, 0.25) is 0 Å². The summed E-state index contributed by atoms with van der Waals surface area (Å²) in [4.78, 5) is 31.1. The molecule has 1 N–H and O–H groups in total. The van der Waals surface area contributed by atoms with Crippen LogP contribution in [0.1, 0.15) is 39.3 Å². The van der Waals surface area contributed by atoms with Crippen LogP contribution in [0, 0.1) is 0 Å². The minimum Gasteiger partial charge on any atom is -0.495 e. The fourth-order valence-electron chi connectivity index (χ4n) is 4.22. The molecule has 0 fully saturated rings. The number of hydrogen-bond donors (Lipinski definition) is 1. The molecule has 7 nitrogen and oxygen atoms in total. The van der Waals surface area contributed by atoms with Crippen molar-refractivity contribution < 1.29 is 23.8 Å². The highest BCUT2D eigenvalue weighted by Gasteiger charge is 2.39. The normalized spacial score (nSPS) is 14.6. The molecule has 4 rings (SSSR count). The van der Waals surface area contributed by atoms with Gasteiger partial charge in [0.15, 0.2) is 0 Å². The van der Waals surface area contributed by atoms with E-state index in [2.05, 4.69) is 5.32 Å². The first-order valence-corrected chi connectivity index (χ1v) is 11.6. The molecule has 1 aromatic carbocycles. The maximum Gasteiger partial charge on any atom is 0.336 e. The first-order chi connectivity index (χ1) is 15.9. The number of thiophene rings is 1. The van der Waals surface area contributed by atoms with E-state index in [0.717, 1.165) is 20.3 Å². The number of hydrogen-bond acceptors (Lipinski definition) is 8. The first kappa shape index (κ1) is 22.8. The molecule has 0 aliphatic carbocycles. The lowest BCUT2D eigenvalue weighted by Gasteiger charge is -2.30. The molecule has 1 aliphatic heterocycles. The lowest BCUT2D eigenvalue weighted by molar-refractivity contribution is -0.139. The molecule has 0 bridgehead atoms. The number of nitrogens with zero attached hydrogens (tertiary/aromatic N) is 1. The van der Waals surface area contributed by atoms with Gasteiger partial charge >= 0.3 is 11.9 Å². The molecular weight excluding hydrogens is 440 g/mol. The number of fused-ring (bicyclic) bond motifs is 3. The number of methoxy groups -OCH3 is 1. The molecular formula is C25H26N2O5S. The number of ether oxygens (including phenoxy) is 3. The predicted octanol–water partition coefficient (Wildman–Crippen LogP) is 4.82. The van der Waals surface area contributed by atoms with Crippen LogP contribution in [-0.2, 0) is 19.1 Å². The zero-order chi connectivity index (χ0) is 23.7. The number of carbonyl (C=O) groups excluding carboxylic acids is 2. The van der Waals surface area contributed by atoms with Gasteiger partial charge in [0.05, 0.1) is 53.3 Å². The summed E-state index contributed by atoms with van der Waals surface area (Å²) in [5, 5.41) is 4.14. The molecule has 3 heterocycles. The molecule has 33 heavy (non-hydrogen) atoms. The van der Waals surface area contributed by atoms with Crippen molar-refractivity contribution in [2.24, 2.45) is 0 Å². The Labute approximate surface area is 196 Å². The van der Waals surface area contributed by atoms with Crippen molar-refractivity contribution >= 4 is 43.6 Å². The minimum absolute atomic E-state index is 0.213. The van der Waals surface area contributed by atoms with Crippen LogP contribution < -0.4 is 10.1 Å². The van der Waals surface area contributed by atoms with Gasteiger partial charge in [0.25, 0.3) is 0 Å². The van der Waals surface area contributed by atoms with Gasteiger partial charge in [-0.1, -0.05) is 18.2 Å². The molecule has 0 atom stereocenters. The van der Waals surface area contributed by atoms with Crippen molar-refractivity contribution in [3.05, 3.63) is 58.6 Å². The minimum atomic E-state index is -0.763. The van der Waals surface area contributed by atoms with Crippen molar-refractivity contribution in [2.75, 3.05) is 20.3 Å². The summed E-state index contributed by atoms with van der Waals surface area (Å²) in [5.74, 6) is -1.13. The number of allylic oxidation sites excluding steroid dienone is 2. The zero-order valence-corrected chi connectivity index (χ0v) is 20.1. The summed E-state index contributed by atoms with van der Waals surface area (Å²) >= 11 is 1.59. The molecule has 1 aliphatic rings. The van der Waals surface area contributed by atoms with Crippen molar-refractivity contribution in [2.45, 2.75) is 33.6 Å². The SMILES string of the molecule is CCOC(=O)C1=C(C)NC(C)=C(C(=O)OCC)C1c1cc(OC)c2sc3ccccc3c2n1. The maximum atomic E-state index is 13.1. The van der Waals surface area contributed by atoms with E-state index in [1.807, 2.05) is 24.3 Å². The number of benzene rings is 1. The highest BCUT2D eigenvalue weighted by atomic mass is 32.1. The number of aromatic nitrogens is 1. The van der Waals surface area contributed by atoms with Crippen LogP contribution in [0.5, 0.6) is 5.75 Å². The Kier molecular flexibility index (Phi) is 6.37. The second-order valence-corrected chi connectivity index (χ2v) is 8.65. The third-order valence-corrected chi connectivity index (χ3v) is 6.75. The predicted molar refractivity (Wildman–Crippen MR) is 128 cm³/mol. The van der Waals surface area contributed by atoms with Gasteiger partial charge in [-0.2, -0.15) is 0 Å². The standard InChI is InChI=1S/C25H26N2O5S/c1-6-31-24(28)19-13(3)26-14(4)20(25(29)32-7-2)21(19)16-12-17(30-5)23-22(27-16)15-10-8-9-11-18(15)33-23/h8-12,21,26H,6-7H2,1-5H3. The fraction of sp³-hybridized carbons (Fsp3) is 0.320. The van der Waals surface area contributed by atoms with Crippen LogP contribution in [0.4, 0.5) is 0 Å². The molecule has 0 saturated heterocycles. The van der Waals surface area contributed by atoms with Crippen LogP contribution in [-0.4, -0.2) is 37.2 Å². The molecule has 0 saturated carbocycles. The van der Waals surface area contributed by atoms with Crippen LogP contribution >= 0.6 is 11.3 Å². The summed E-state index contributed by atoms with van der Waals surface area (Å²) < 4.78 is 18.4. The van der Waals surface area contributed by atoms with Crippen LogP contribution in [0.2, 0.25) is 0 Å². The lowest BCUT2D eigenvalue weighted by atomic mass is 9.82. The first-order valence-electron chi connectivity index (χ1n) is 10.8. The number of dihydropyridines is 1. The summed E-state index contributed by atoms with van der Waals surface area (Å²) in [6, 6.07) is 9.78. The van der Waals surface area contributed by atoms with E-state index < -0.39 is 17.9 Å². The maximum absolute atomic E-state index is 13.1. The Morgan fingerprint density at radius 2 is 1.64 bits per heavy atom. The topological polar surface area (TPSA) is 86.8 Å². The Bertz CT molecular complexity index is 1280. The Balaban J connectivity index is 2.01. The van der Waals surface area contributed by atoms with Crippen molar-refractivity contribution in [3.63, 3.8) is 0 Å². The quantitative estimate of drug-likeness (QED) is 0.521. The monoisotopic (exact) mass is 466 g/mol. The smallest absolute Gasteiger partial charge is 0.336 e. The van der Waals surface area contributed by atoms with Crippen LogP contribution in [0.3, 0.4) is 0 Å². The third-order valence-electron chi connectivity index (χ3n) is 5.58. The van der Waals surface area contributed by atoms with Crippen LogP contribution in [0.15, 0.2) is 52.9 Å². The highest BCUT2D eigenvalue weighted by molar-refractivity contribution is 7.26. The summed E-state index contributed by atoms with van der Waals surface area (Å²) in [5.41, 5.74) is 3.18. The number of carbonyl (C=O) groups is 2. The average molecular weight is 467 g/mol. The molecule has 172 valence electrons. The molecule has 8 heteroatoms. The summed E-state index contributed by atoms with van der Waals surface area (Å²) in [6.45, 7) is 7.50. The molecule has 0 unspecified atom stereocenters. The summed E-state index contributed by atoms with van der Waals surface area (Å²) in [7, 11) is 1.60. The van der Waals surface area contributed by atoms with Crippen molar-refractivity contribution in [1.29, 1.82) is 0 Å².